The van der Waals surface area contributed by atoms with Gasteiger partial charge in [0.2, 0.25) is 5.89 Å². The molecule has 2 N–H and O–H groups in total. The van der Waals surface area contributed by atoms with Gasteiger partial charge in [0.25, 0.3) is 0 Å². The Balaban J connectivity index is 1.33. The lowest BCUT2D eigenvalue weighted by molar-refractivity contribution is 0.215. The van der Waals surface area contributed by atoms with Crippen LogP contribution in [0.25, 0.3) is 10.8 Å². The number of hydrogen-bond donors (Lipinski definition) is 2. The molecule has 4 heterocycles. The minimum atomic E-state index is 0.202. The van der Waals surface area contributed by atoms with Crippen LogP contribution in [0.2, 0.25) is 0 Å². The van der Waals surface area contributed by atoms with Gasteiger partial charge in [0.1, 0.15) is 12.0 Å². The van der Waals surface area contributed by atoms with E-state index in [1.165, 1.54) is 12.8 Å². The van der Waals surface area contributed by atoms with Crippen LogP contribution in [0.3, 0.4) is 0 Å². The van der Waals surface area contributed by atoms with E-state index in [0.29, 0.717) is 12.4 Å². The maximum absolute atomic E-state index is 5.68. The maximum Gasteiger partial charge on any atom is 0.236 e. The Morgan fingerprint density at radius 3 is 2.86 bits per heavy atom. The van der Waals surface area contributed by atoms with E-state index in [0.717, 1.165) is 41.9 Å². The minimum absolute atomic E-state index is 0.202. The Bertz CT molecular complexity index is 866. The van der Waals surface area contributed by atoms with Crippen molar-refractivity contribution in [3.63, 3.8) is 0 Å². The third kappa shape index (κ3) is 4.45. The fourth-order valence-corrected chi connectivity index (χ4v) is 4.09. The van der Waals surface area contributed by atoms with Crippen LogP contribution in [0.1, 0.15) is 30.3 Å². The highest BCUT2D eigenvalue weighted by molar-refractivity contribution is 7.13. The van der Waals surface area contributed by atoms with E-state index in [9.17, 15) is 0 Å². The SMILES string of the molecule is CN=C(NCc1coc(-c2cccs2)n1)NCC(c1ccco1)N1CCCC1. The summed E-state index contributed by atoms with van der Waals surface area (Å²) in [6.45, 7) is 3.48. The van der Waals surface area contributed by atoms with Gasteiger partial charge in [0.05, 0.1) is 29.4 Å². The number of rotatable bonds is 7. The molecule has 0 spiro atoms. The Kier molecular flexibility index (Phi) is 6.08. The lowest BCUT2D eigenvalue weighted by Gasteiger charge is -2.26. The predicted octanol–water partition coefficient (Wildman–Crippen LogP) is 3.50. The number of hydrogen-bond acceptors (Lipinski definition) is 6. The molecule has 4 rings (SSSR count). The van der Waals surface area contributed by atoms with Crippen molar-refractivity contribution >= 4 is 17.3 Å². The molecule has 1 aliphatic rings. The minimum Gasteiger partial charge on any atom is -0.468 e. The molecule has 0 amide bonds. The second-order valence-electron chi connectivity index (χ2n) is 6.70. The number of likely N-dealkylation sites (tertiary alicyclic amines) is 1. The summed E-state index contributed by atoms with van der Waals surface area (Å²) in [5, 5.41) is 8.74. The Morgan fingerprint density at radius 2 is 2.14 bits per heavy atom. The molecule has 1 atom stereocenters. The maximum atomic E-state index is 5.68. The third-order valence-electron chi connectivity index (χ3n) is 4.86. The Hall–Kier alpha value is -2.58. The van der Waals surface area contributed by atoms with Gasteiger partial charge in [0.15, 0.2) is 5.96 Å². The highest BCUT2D eigenvalue weighted by Crippen LogP contribution is 2.25. The summed E-state index contributed by atoms with van der Waals surface area (Å²) < 4.78 is 11.2. The van der Waals surface area contributed by atoms with Crippen molar-refractivity contribution in [3.8, 4) is 10.8 Å². The fraction of sp³-hybridized carbons (Fsp3) is 0.400. The molecule has 3 aromatic heterocycles. The molecule has 1 saturated heterocycles. The molecule has 0 aliphatic carbocycles. The normalized spacial score (nSPS) is 16.4. The molecule has 0 radical (unpaired) electrons. The zero-order valence-corrected chi connectivity index (χ0v) is 16.7. The molecule has 7 nitrogen and oxygen atoms in total. The molecule has 1 fully saturated rings. The number of oxazole rings is 1. The summed E-state index contributed by atoms with van der Waals surface area (Å²) >= 11 is 1.61. The largest absolute Gasteiger partial charge is 0.468 e. The predicted molar refractivity (Wildman–Crippen MR) is 110 cm³/mol. The Labute approximate surface area is 168 Å². The highest BCUT2D eigenvalue weighted by Gasteiger charge is 2.25. The zero-order valence-electron chi connectivity index (χ0n) is 15.9. The van der Waals surface area contributed by atoms with Crippen molar-refractivity contribution in [2.24, 2.45) is 4.99 Å². The van der Waals surface area contributed by atoms with Gasteiger partial charge in [-0.05, 0) is 49.5 Å². The number of nitrogens with one attached hydrogen (secondary N) is 2. The lowest BCUT2D eigenvalue weighted by Crippen LogP contribution is -2.42. The van der Waals surface area contributed by atoms with Crippen molar-refractivity contribution in [2.45, 2.75) is 25.4 Å². The monoisotopic (exact) mass is 399 g/mol. The topological polar surface area (TPSA) is 78.8 Å². The molecule has 1 aliphatic heterocycles. The van der Waals surface area contributed by atoms with Gasteiger partial charge in [-0.15, -0.1) is 11.3 Å². The molecule has 8 heteroatoms. The quantitative estimate of drug-likeness (QED) is 0.468. The molecular weight excluding hydrogens is 374 g/mol. The highest BCUT2D eigenvalue weighted by atomic mass is 32.1. The number of aliphatic imine (C=N–C) groups is 1. The van der Waals surface area contributed by atoms with Crippen LogP contribution in [0.15, 0.2) is 56.0 Å². The summed E-state index contributed by atoms with van der Waals surface area (Å²) in [5.74, 6) is 2.38. The Morgan fingerprint density at radius 1 is 1.25 bits per heavy atom. The average Bonchev–Trinajstić information content (AvgIpc) is 3.51. The number of nitrogens with zero attached hydrogens (tertiary/aromatic N) is 3. The van der Waals surface area contributed by atoms with Crippen LogP contribution in [-0.2, 0) is 6.54 Å². The first-order valence-electron chi connectivity index (χ1n) is 9.54. The van der Waals surface area contributed by atoms with E-state index in [-0.39, 0.29) is 6.04 Å². The van der Waals surface area contributed by atoms with Gasteiger partial charge < -0.3 is 19.5 Å². The van der Waals surface area contributed by atoms with Gasteiger partial charge in [-0.1, -0.05) is 6.07 Å². The number of aromatic nitrogens is 1. The summed E-state index contributed by atoms with van der Waals surface area (Å²) in [6, 6.07) is 8.18. The van der Waals surface area contributed by atoms with E-state index in [1.54, 1.807) is 30.9 Å². The van der Waals surface area contributed by atoms with Gasteiger partial charge in [-0.2, -0.15) is 0 Å². The van der Waals surface area contributed by atoms with Crippen LogP contribution < -0.4 is 10.6 Å². The first-order chi connectivity index (χ1) is 13.8. The molecule has 1 unspecified atom stereocenters. The number of furan rings is 1. The molecule has 0 aromatic carbocycles. The van der Waals surface area contributed by atoms with E-state index in [2.05, 4.69) is 25.5 Å². The lowest BCUT2D eigenvalue weighted by atomic mass is 10.2. The van der Waals surface area contributed by atoms with Crippen LogP contribution in [-0.4, -0.2) is 42.5 Å². The standard InChI is InChI=1S/C20H25N5O2S/c1-21-20(22-12-15-14-27-19(24-15)18-7-5-11-28-18)23-13-16(17-6-4-10-26-17)25-8-2-3-9-25/h4-7,10-11,14,16H,2-3,8-9,12-13H2,1H3,(H2,21,22,23). The number of guanidine groups is 1. The molecule has 0 bridgehead atoms. The fourth-order valence-electron chi connectivity index (χ4n) is 3.43. The van der Waals surface area contributed by atoms with Gasteiger partial charge >= 0.3 is 0 Å². The zero-order chi connectivity index (χ0) is 19.2. The molecule has 148 valence electrons. The first kappa shape index (κ1) is 18.8. The number of thiophene rings is 1. The average molecular weight is 400 g/mol. The molecule has 3 aromatic rings. The van der Waals surface area contributed by atoms with Gasteiger partial charge in [0, 0.05) is 13.6 Å². The first-order valence-corrected chi connectivity index (χ1v) is 10.4. The van der Waals surface area contributed by atoms with E-state index in [1.807, 2.05) is 29.6 Å². The van der Waals surface area contributed by atoms with Gasteiger partial charge in [-0.25, -0.2) is 4.98 Å². The second kappa shape index (κ2) is 9.07. The van der Waals surface area contributed by atoms with E-state index in [4.69, 9.17) is 8.83 Å². The molecule has 0 saturated carbocycles. The van der Waals surface area contributed by atoms with Crippen molar-refractivity contribution in [3.05, 3.63) is 53.6 Å². The van der Waals surface area contributed by atoms with E-state index >= 15 is 0 Å². The summed E-state index contributed by atoms with van der Waals surface area (Å²) in [5.41, 5.74) is 0.841. The smallest absolute Gasteiger partial charge is 0.236 e. The van der Waals surface area contributed by atoms with Crippen LogP contribution in [0.5, 0.6) is 0 Å². The summed E-state index contributed by atoms with van der Waals surface area (Å²) in [4.78, 5) is 12.4. The van der Waals surface area contributed by atoms with Crippen LogP contribution in [0.4, 0.5) is 0 Å². The summed E-state index contributed by atoms with van der Waals surface area (Å²) in [7, 11) is 1.77. The van der Waals surface area contributed by atoms with Crippen LogP contribution >= 0.6 is 11.3 Å². The molecular formula is C20H25N5O2S. The van der Waals surface area contributed by atoms with E-state index < -0.39 is 0 Å². The second-order valence-corrected chi connectivity index (χ2v) is 7.65. The molecule has 28 heavy (non-hydrogen) atoms. The van der Waals surface area contributed by atoms with Gasteiger partial charge in [-0.3, -0.25) is 9.89 Å². The van der Waals surface area contributed by atoms with Crippen LogP contribution in [0, 0.1) is 0 Å². The van der Waals surface area contributed by atoms with Crippen molar-refractivity contribution < 1.29 is 8.83 Å². The van der Waals surface area contributed by atoms with Crippen molar-refractivity contribution in [2.75, 3.05) is 26.7 Å². The third-order valence-corrected chi connectivity index (χ3v) is 5.72. The summed E-state index contributed by atoms with van der Waals surface area (Å²) in [6.07, 6.45) is 5.90. The van der Waals surface area contributed by atoms with Crippen molar-refractivity contribution in [1.29, 1.82) is 0 Å². The van der Waals surface area contributed by atoms with Crippen molar-refractivity contribution in [1.82, 2.24) is 20.5 Å².